The van der Waals surface area contributed by atoms with Crippen LogP contribution in [0.15, 0.2) is 63.2 Å². The number of aliphatic hydroxyl groups is 1. The molecule has 0 saturated carbocycles. The lowest BCUT2D eigenvalue weighted by Crippen LogP contribution is -2.47. The molecule has 2 unspecified atom stereocenters. The lowest BCUT2D eigenvalue weighted by molar-refractivity contribution is -0.0312. The van der Waals surface area contributed by atoms with E-state index >= 15 is 0 Å². The summed E-state index contributed by atoms with van der Waals surface area (Å²) in [5, 5.41) is 18.8. The number of hydrogen-bond acceptors (Lipinski definition) is 9. The van der Waals surface area contributed by atoms with Crippen molar-refractivity contribution in [3.63, 3.8) is 0 Å². The smallest absolute Gasteiger partial charge is 0.248 e. The Morgan fingerprint density at radius 3 is 2.68 bits per heavy atom. The van der Waals surface area contributed by atoms with Gasteiger partial charge in [-0.25, -0.2) is 26.4 Å². The normalized spacial score (nSPS) is 20.4. The number of halogens is 1. The van der Waals surface area contributed by atoms with E-state index in [1.807, 2.05) is 0 Å². The summed E-state index contributed by atoms with van der Waals surface area (Å²) in [6.45, 7) is 0.856. The molecule has 12 nitrogen and oxygen atoms in total. The minimum atomic E-state index is -4.08. The van der Waals surface area contributed by atoms with Crippen molar-refractivity contribution < 1.29 is 35.8 Å². The molecule has 3 aromatic rings. The second-order valence-electron chi connectivity index (χ2n) is 10.4. The number of aromatic amines is 1. The van der Waals surface area contributed by atoms with E-state index in [1.165, 1.54) is 28.6 Å². The highest BCUT2D eigenvalue weighted by Crippen LogP contribution is 2.37. The van der Waals surface area contributed by atoms with Gasteiger partial charge in [-0.05, 0) is 49.6 Å². The van der Waals surface area contributed by atoms with Gasteiger partial charge >= 0.3 is 0 Å². The summed E-state index contributed by atoms with van der Waals surface area (Å²) < 4.78 is 75.9. The van der Waals surface area contributed by atoms with Crippen LogP contribution >= 0.6 is 0 Å². The van der Waals surface area contributed by atoms with Crippen LogP contribution in [0.5, 0.6) is 5.75 Å². The van der Waals surface area contributed by atoms with Gasteiger partial charge in [0, 0.05) is 43.3 Å². The number of ether oxygens (including phenoxy) is 2. The highest BCUT2D eigenvalue weighted by molar-refractivity contribution is 7.89. The monoisotopic (exact) mass is 610 g/mol. The van der Waals surface area contributed by atoms with Crippen LogP contribution in [-0.2, 0) is 24.8 Å². The van der Waals surface area contributed by atoms with E-state index in [0.717, 1.165) is 18.3 Å². The maximum atomic E-state index is 13.5. The minimum Gasteiger partial charge on any atom is -0.491 e. The van der Waals surface area contributed by atoms with E-state index in [1.54, 1.807) is 6.07 Å². The molecule has 2 atom stereocenters. The summed E-state index contributed by atoms with van der Waals surface area (Å²) in [5.41, 5.74) is -0.982. The molecule has 1 aromatic heterocycles. The number of pyridine rings is 1. The zero-order valence-corrected chi connectivity index (χ0v) is 23.6. The number of piperidine rings is 1. The fourth-order valence-electron chi connectivity index (χ4n) is 5.26. The van der Waals surface area contributed by atoms with Crippen molar-refractivity contribution in [2.45, 2.75) is 46.8 Å². The number of primary sulfonamides is 1. The van der Waals surface area contributed by atoms with Gasteiger partial charge in [-0.15, -0.1) is 0 Å². The number of nitrogens with zero attached hydrogens (tertiary/aromatic N) is 1. The zero-order valence-electron chi connectivity index (χ0n) is 22.0. The van der Waals surface area contributed by atoms with Crippen LogP contribution in [-0.4, -0.2) is 81.8 Å². The molecule has 2 saturated heterocycles. The first kappa shape index (κ1) is 29.6. The minimum absolute atomic E-state index is 0.0674. The van der Waals surface area contributed by atoms with Gasteiger partial charge in [0.25, 0.3) is 0 Å². The van der Waals surface area contributed by atoms with Gasteiger partial charge in [0.2, 0.25) is 25.5 Å². The molecular formula is C26H31FN4O8S2. The summed E-state index contributed by atoms with van der Waals surface area (Å²) in [4.78, 5) is 15.1. The van der Waals surface area contributed by atoms with E-state index < -0.39 is 43.0 Å². The van der Waals surface area contributed by atoms with Gasteiger partial charge in [-0.1, -0.05) is 6.07 Å². The molecule has 0 radical (unpaired) electrons. The van der Waals surface area contributed by atoms with Gasteiger partial charge in [-0.2, -0.15) is 4.31 Å². The van der Waals surface area contributed by atoms with E-state index in [9.17, 15) is 31.1 Å². The van der Waals surface area contributed by atoms with E-state index in [4.69, 9.17) is 14.6 Å². The van der Waals surface area contributed by atoms with Crippen molar-refractivity contribution in [3.05, 3.63) is 64.7 Å². The Labute approximate surface area is 236 Å². The summed E-state index contributed by atoms with van der Waals surface area (Å²) in [6, 6.07) is 9.14. The third-order valence-electron chi connectivity index (χ3n) is 7.49. The predicted molar refractivity (Wildman–Crippen MR) is 147 cm³/mol. The molecule has 0 bridgehead atoms. The number of nitrogens with two attached hydrogens (primary N) is 1. The Morgan fingerprint density at radius 1 is 1.20 bits per heavy atom. The Hall–Kier alpha value is -2.92. The summed E-state index contributed by atoms with van der Waals surface area (Å²) in [6.07, 6.45) is 1.72. The molecule has 2 aliphatic rings. The van der Waals surface area contributed by atoms with E-state index in [2.05, 4.69) is 10.3 Å². The van der Waals surface area contributed by atoms with Crippen molar-refractivity contribution in [3.8, 4) is 5.75 Å². The fraction of sp³-hybridized carbons (Fsp3) is 0.423. The van der Waals surface area contributed by atoms with Crippen LogP contribution in [0, 0.1) is 5.82 Å². The molecule has 0 amide bonds. The third kappa shape index (κ3) is 6.45. The van der Waals surface area contributed by atoms with Crippen LogP contribution in [0.2, 0.25) is 0 Å². The van der Waals surface area contributed by atoms with Crippen LogP contribution in [0.25, 0.3) is 10.9 Å². The Balaban J connectivity index is 1.12. The molecule has 5 rings (SSSR count). The largest absolute Gasteiger partial charge is 0.491 e. The predicted octanol–water partition coefficient (Wildman–Crippen LogP) is 0.656. The average Bonchev–Trinajstić information content (AvgIpc) is 3.32. The molecule has 222 valence electrons. The quantitative estimate of drug-likeness (QED) is 0.271. The highest BCUT2D eigenvalue weighted by Gasteiger charge is 2.45. The Bertz CT molecular complexity index is 1710. The first-order valence-corrected chi connectivity index (χ1v) is 16.0. The number of fused-ring (bicyclic) bond motifs is 1. The topological polar surface area (TPSA) is 181 Å². The molecule has 5 N–H and O–H groups in total. The number of hydrogen-bond donors (Lipinski definition) is 4. The number of aromatic nitrogens is 1. The molecule has 1 spiro atoms. The van der Waals surface area contributed by atoms with Crippen LogP contribution in [0.3, 0.4) is 0 Å². The van der Waals surface area contributed by atoms with Crippen LogP contribution in [0.1, 0.15) is 19.3 Å². The third-order valence-corrected chi connectivity index (χ3v) is 10.3. The summed E-state index contributed by atoms with van der Waals surface area (Å²) >= 11 is 0. The van der Waals surface area contributed by atoms with Crippen molar-refractivity contribution in [1.29, 1.82) is 0 Å². The molecule has 2 aromatic carbocycles. The number of sulfonamides is 2. The van der Waals surface area contributed by atoms with Crippen molar-refractivity contribution in [2.24, 2.45) is 5.14 Å². The fourth-order valence-corrected chi connectivity index (χ4v) is 7.30. The standard InChI is InChI=1S/C26H31FN4O8S2/c27-17-4-5-22-23(10-17)30-14-24(25(22)33)41(36,37)31-8-6-26(7-9-31)12-18(15-39-26)29-13-19(32)16-38-20-2-1-3-21(11-20)40(28,34)35/h1-5,10-11,14,18-19,29,32H,6-9,12-13,15-16H2,(H,30,33)(H2,28,34,35). The first-order valence-electron chi connectivity index (χ1n) is 13.0. The summed E-state index contributed by atoms with van der Waals surface area (Å²) in [5.74, 6) is -0.273. The lowest BCUT2D eigenvalue weighted by atomic mass is 9.88. The molecule has 0 aliphatic carbocycles. The molecule has 3 heterocycles. The van der Waals surface area contributed by atoms with Gasteiger partial charge in [-0.3, -0.25) is 4.79 Å². The van der Waals surface area contributed by atoms with Crippen molar-refractivity contribution in [1.82, 2.24) is 14.6 Å². The molecule has 41 heavy (non-hydrogen) atoms. The number of rotatable bonds is 9. The SMILES string of the molecule is NS(=O)(=O)c1cccc(OCC(O)CNC2COC3(CCN(S(=O)(=O)c4c[nH]c5cc(F)ccc5c4=O)CC3)C2)c1. The first-order chi connectivity index (χ1) is 19.4. The van der Waals surface area contributed by atoms with Gasteiger partial charge in [0.05, 0.1) is 22.6 Å². The second-order valence-corrected chi connectivity index (χ2v) is 13.8. The second kappa shape index (κ2) is 11.4. The van der Waals surface area contributed by atoms with Gasteiger partial charge < -0.3 is 24.9 Å². The lowest BCUT2D eigenvalue weighted by Gasteiger charge is -2.37. The van der Waals surface area contributed by atoms with Crippen molar-refractivity contribution in [2.75, 3.05) is 32.8 Å². The maximum absolute atomic E-state index is 13.5. The molecule has 2 aliphatic heterocycles. The number of H-pyrrole nitrogens is 1. The summed E-state index contributed by atoms with van der Waals surface area (Å²) in [7, 11) is -7.95. The number of aliphatic hydroxyl groups excluding tert-OH is 1. The molecule has 15 heteroatoms. The molecule has 2 fully saturated rings. The van der Waals surface area contributed by atoms with Gasteiger partial charge in [0.15, 0.2) is 0 Å². The van der Waals surface area contributed by atoms with Crippen LogP contribution < -0.4 is 20.6 Å². The Kier molecular flexibility index (Phi) is 8.22. The molecular weight excluding hydrogens is 579 g/mol. The van der Waals surface area contributed by atoms with E-state index in [-0.39, 0.29) is 58.7 Å². The maximum Gasteiger partial charge on any atom is 0.248 e. The highest BCUT2D eigenvalue weighted by atomic mass is 32.2. The number of nitrogens with one attached hydrogen (secondary N) is 2. The van der Waals surface area contributed by atoms with Crippen molar-refractivity contribution >= 4 is 30.9 Å². The van der Waals surface area contributed by atoms with Gasteiger partial charge in [0.1, 0.15) is 29.2 Å². The van der Waals surface area contributed by atoms with Crippen LogP contribution in [0.4, 0.5) is 4.39 Å². The van der Waals surface area contributed by atoms with E-state index in [0.29, 0.717) is 25.9 Å². The zero-order chi connectivity index (χ0) is 29.4. The Morgan fingerprint density at radius 2 is 1.95 bits per heavy atom. The average molecular weight is 611 g/mol. The number of benzene rings is 2.